The fraction of sp³-hybridized carbons (Fsp3) is 0.667. The van der Waals surface area contributed by atoms with Gasteiger partial charge < -0.3 is 10.2 Å². The number of ether oxygens (including phenoxy) is 1. The first-order chi connectivity index (χ1) is 7.90. The van der Waals surface area contributed by atoms with E-state index in [2.05, 4.69) is 43.1 Å². The molecule has 0 unspecified atom stereocenters. The molecule has 0 spiro atoms. The number of nitrogens with zero attached hydrogens (tertiary/aromatic N) is 2. The molecule has 0 radical (unpaired) electrons. The lowest BCUT2D eigenvalue weighted by atomic mass is 9.95. The third-order valence-electron chi connectivity index (χ3n) is 2.35. The van der Waals surface area contributed by atoms with E-state index in [1.165, 1.54) is 0 Å². The highest BCUT2D eigenvalue weighted by Crippen LogP contribution is 2.27. The molecule has 0 aliphatic carbocycles. The second kappa shape index (κ2) is 5.31. The number of anilines is 1. The summed E-state index contributed by atoms with van der Waals surface area (Å²) in [5.74, 6) is 7.42. The van der Waals surface area contributed by atoms with Crippen molar-refractivity contribution >= 4 is 5.82 Å². The normalized spacial score (nSPS) is 11.4. The van der Waals surface area contributed by atoms with E-state index in [1.807, 2.05) is 6.92 Å². The van der Waals surface area contributed by atoms with Crippen molar-refractivity contribution in [3.63, 3.8) is 0 Å². The lowest BCUT2D eigenvalue weighted by molar-refractivity contribution is 0.299. The zero-order valence-corrected chi connectivity index (χ0v) is 11.3. The van der Waals surface area contributed by atoms with Gasteiger partial charge in [0, 0.05) is 5.41 Å². The molecule has 0 saturated heterocycles. The maximum Gasteiger partial charge on any atom is 0.221 e. The molecular weight excluding hydrogens is 216 g/mol. The Balaban J connectivity index is 3.19. The van der Waals surface area contributed by atoms with Gasteiger partial charge in [-0.05, 0) is 13.3 Å². The van der Waals surface area contributed by atoms with Crippen molar-refractivity contribution in [2.24, 2.45) is 5.84 Å². The van der Waals surface area contributed by atoms with Crippen LogP contribution < -0.4 is 16.0 Å². The number of aromatic nitrogens is 2. The van der Waals surface area contributed by atoms with E-state index in [0.29, 0.717) is 18.3 Å². The molecule has 5 heteroatoms. The topological polar surface area (TPSA) is 73.1 Å². The average molecular weight is 238 g/mol. The molecule has 17 heavy (non-hydrogen) atoms. The molecule has 3 N–H and O–H groups in total. The molecule has 0 fully saturated rings. The monoisotopic (exact) mass is 238 g/mol. The van der Waals surface area contributed by atoms with Gasteiger partial charge in [-0.15, -0.1) is 0 Å². The van der Waals surface area contributed by atoms with Gasteiger partial charge in [-0.25, -0.2) is 10.8 Å². The largest absolute Gasteiger partial charge is 0.477 e. The predicted octanol–water partition coefficient (Wildman–Crippen LogP) is 2.16. The second-order valence-corrected chi connectivity index (χ2v) is 5.07. The van der Waals surface area contributed by atoms with Crippen LogP contribution in [0.1, 0.15) is 45.5 Å². The summed E-state index contributed by atoms with van der Waals surface area (Å²) in [6, 6.07) is 0. The van der Waals surface area contributed by atoms with Gasteiger partial charge in [-0.1, -0.05) is 27.7 Å². The van der Waals surface area contributed by atoms with Crippen LogP contribution in [0.5, 0.6) is 5.88 Å². The van der Waals surface area contributed by atoms with E-state index >= 15 is 0 Å². The third-order valence-corrected chi connectivity index (χ3v) is 2.35. The van der Waals surface area contributed by atoms with Crippen LogP contribution in [0.3, 0.4) is 0 Å². The van der Waals surface area contributed by atoms with Crippen molar-refractivity contribution in [3.05, 3.63) is 11.4 Å². The number of hydrogen-bond donors (Lipinski definition) is 2. The smallest absolute Gasteiger partial charge is 0.221 e. The number of nitrogen functional groups attached to an aromatic ring is 1. The Labute approximate surface area is 103 Å². The lowest BCUT2D eigenvalue weighted by Crippen LogP contribution is -2.20. The Hall–Kier alpha value is -1.36. The molecule has 0 aromatic carbocycles. The zero-order valence-electron chi connectivity index (χ0n) is 11.3. The Morgan fingerprint density at radius 3 is 2.41 bits per heavy atom. The molecule has 0 bridgehead atoms. The van der Waals surface area contributed by atoms with Gasteiger partial charge in [-0.3, -0.25) is 0 Å². The van der Waals surface area contributed by atoms with Crippen LogP contribution in [0.2, 0.25) is 0 Å². The summed E-state index contributed by atoms with van der Waals surface area (Å²) in [6.07, 6.45) is 0.944. The molecule has 0 saturated carbocycles. The van der Waals surface area contributed by atoms with Crippen molar-refractivity contribution in [1.29, 1.82) is 0 Å². The molecule has 1 rings (SSSR count). The number of hydrazine groups is 1. The minimum Gasteiger partial charge on any atom is -0.477 e. The summed E-state index contributed by atoms with van der Waals surface area (Å²) in [6.45, 7) is 10.8. The minimum absolute atomic E-state index is 0.135. The molecule has 5 nitrogen and oxygen atoms in total. The maximum atomic E-state index is 5.62. The Kier molecular flexibility index (Phi) is 4.28. The highest BCUT2D eigenvalue weighted by molar-refractivity contribution is 5.48. The standard InChI is InChI=1S/C12H22N4O/c1-6-7-17-10-8(2)9(16-13)14-11(15-10)12(3,4)5/h6-7,13H2,1-5H3,(H,14,15,16). The number of hydrogen-bond acceptors (Lipinski definition) is 5. The van der Waals surface area contributed by atoms with Gasteiger partial charge >= 0.3 is 0 Å². The summed E-state index contributed by atoms with van der Waals surface area (Å²) in [5, 5.41) is 0. The SMILES string of the molecule is CCCOc1nc(C(C)(C)C)nc(NN)c1C. The van der Waals surface area contributed by atoms with Gasteiger partial charge in [0.1, 0.15) is 5.82 Å². The fourth-order valence-electron chi connectivity index (χ4n) is 1.31. The van der Waals surface area contributed by atoms with Crippen LogP contribution in [0.25, 0.3) is 0 Å². The molecule has 0 aliphatic heterocycles. The lowest BCUT2D eigenvalue weighted by Gasteiger charge is -2.20. The van der Waals surface area contributed by atoms with Gasteiger partial charge in [0.25, 0.3) is 0 Å². The highest BCUT2D eigenvalue weighted by Gasteiger charge is 2.21. The van der Waals surface area contributed by atoms with Crippen molar-refractivity contribution in [2.45, 2.75) is 46.5 Å². The van der Waals surface area contributed by atoms with E-state index in [1.54, 1.807) is 0 Å². The first kappa shape index (κ1) is 13.7. The summed E-state index contributed by atoms with van der Waals surface area (Å²) in [4.78, 5) is 8.86. The van der Waals surface area contributed by atoms with Crippen molar-refractivity contribution in [2.75, 3.05) is 12.0 Å². The third kappa shape index (κ3) is 3.30. The Morgan fingerprint density at radius 1 is 1.29 bits per heavy atom. The summed E-state index contributed by atoms with van der Waals surface area (Å²) in [7, 11) is 0. The quantitative estimate of drug-likeness (QED) is 0.621. The average Bonchev–Trinajstić information content (AvgIpc) is 2.26. The van der Waals surface area contributed by atoms with Gasteiger partial charge in [0.15, 0.2) is 5.82 Å². The van der Waals surface area contributed by atoms with Crippen LogP contribution in [0.15, 0.2) is 0 Å². The van der Waals surface area contributed by atoms with Crippen molar-refractivity contribution < 1.29 is 4.74 Å². The molecule has 0 amide bonds. The molecule has 0 atom stereocenters. The number of rotatable bonds is 4. The van der Waals surface area contributed by atoms with E-state index in [9.17, 15) is 0 Å². The first-order valence-electron chi connectivity index (χ1n) is 5.88. The van der Waals surface area contributed by atoms with Crippen LogP contribution >= 0.6 is 0 Å². The van der Waals surface area contributed by atoms with Crippen LogP contribution in [-0.2, 0) is 5.41 Å². The van der Waals surface area contributed by atoms with Crippen molar-refractivity contribution in [1.82, 2.24) is 9.97 Å². The molecular formula is C12H22N4O. The maximum absolute atomic E-state index is 5.62. The number of nitrogens with two attached hydrogens (primary N) is 1. The fourth-order valence-corrected chi connectivity index (χ4v) is 1.31. The predicted molar refractivity (Wildman–Crippen MR) is 69.1 cm³/mol. The summed E-state index contributed by atoms with van der Waals surface area (Å²) >= 11 is 0. The highest BCUT2D eigenvalue weighted by atomic mass is 16.5. The van der Waals surface area contributed by atoms with Gasteiger partial charge in [-0.2, -0.15) is 4.98 Å². The van der Waals surface area contributed by atoms with Gasteiger partial charge in [0.2, 0.25) is 5.88 Å². The van der Waals surface area contributed by atoms with E-state index in [4.69, 9.17) is 10.6 Å². The van der Waals surface area contributed by atoms with E-state index in [-0.39, 0.29) is 5.41 Å². The molecule has 1 heterocycles. The summed E-state index contributed by atoms with van der Waals surface area (Å²) < 4.78 is 5.62. The van der Waals surface area contributed by atoms with Crippen molar-refractivity contribution in [3.8, 4) is 5.88 Å². The van der Waals surface area contributed by atoms with Crippen LogP contribution in [0, 0.1) is 6.92 Å². The molecule has 1 aromatic heterocycles. The minimum atomic E-state index is -0.135. The van der Waals surface area contributed by atoms with Gasteiger partial charge in [0.05, 0.1) is 12.2 Å². The van der Waals surface area contributed by atoms with E-state index < -0.39 is 0 Å². The van der Waals surface area contributed by atoms with Crippen LogP contribution in [-0.4, -0.2) is 16.6 Å². The molecule has 1 aromatic rings. The summed E-state index contributed by atoms with van der Waals surface area (Å²) in [5.41, 5.74) is 3.30. The second-order valence-electron chi connectivity index (χ2n) is 5.07. The van der Waals surface area contributed by atoms with Crippen LogP contribution in [0.4, 0.5) is 5.82 Å². The molecule has 0 aliphatic rings. The van der Waals surface area contributed by atoms with E-state index in [0.717, 1.165) is 17.8 Å². The Morgan fingerprint density at radius 2 is 1.94 bits per heavy atom. The Bertz CT molecular complexity index is 385. The zero-order chi connectivity index (χ0) is 13.1. The first-order valence-corrected chi connectivity index (χ1v) is 5.88. The molecule has 96 valence electrons. The number of nitrogens with one attached hydrogen (secondary N) is 1.